The standard InChI is InChI=1S/C21H19F2N3O4/c1-11-6-15(22)13(16(23)7-11)8-24-20(29)14-10-26-12-4-2-3-5-25(9-12)21(30)17(26)19(28)18(14)27/h2,4,6-7,10,12,28H,3,5,8-9H2,1H3,(H,24,29). The number of carbonyl (C=O) groups is 2. The Kier molecular flexibility index (Phi) is 4.89. The first-order valence-electron chi connectivity index (χ1n) is 9.44. The van der Waals surface area contributed by atoms with Gasteiger partial charge in [-0.1, -0.05) is 12.2 Å². The zero-order valence-electron chi connectivity index (χ0n) is 16.1. The number of benzene rings is 1. The maximum Gasteiger partial charge on any atom is 0.274 e. The van der Waals surface area contributed by atoms with Gasteiger partial charge in [0.15, 0.2) is 11.4 Å². The average molecular weight is 415 g/mol. The highest BCUT2D eigenvalue weighted by Crippen LogP contribution is 2.29. The van der Waals surface area contributed by atoms with E-state index in [1.165, 1.54) is 17.7 Å². The minimum atomic E-state index is -1.01. The molecule has 0 spiro atoms. The van der Waals surface area contributed by atoms with E-state index >= 15 is 0 Å². The van der Waals surface area contributed by atoms with E-state index in [9.17, 15) is 28.3 Å². The number of amides is 2. The van der Waals surface area contributed by atoms with Crippen LogP contribution in [-0.4, -0.2) is 39.5 Å². The van der Waals surface area contributed by atoms with E-state index in [4.69, 9.17) is 0 Å². The zero-order valence-corrected chi connectivity index (χ0v) is 16.1. The van der Waals surface area contributed by atoms with Gasteiger partial charge in [0.05, 0.1) is 6.04 Å². The summed E-state index contributed by atoms with van der Waals surface area (Å²) in [4.78, 5) is 39.3. The molecule has 2 aliphatic heterocycles. The molecule has 2 aromatic rings. The summed E-state index contributed by atoms with van der Waals surface area (Å²) in [5.74, 6) is -3.83. The van der Waals surface area contributed by atoms with Crippen LogP contribution >= 0.6 is 0 Å². The summed E-state index contributed by atoms with van der Waals surface area (Å²) >= 11 is 0. The molecule has 7 nitrogen and oxygen atoms in total. The third-order valence-electron chi connectivity index (χ3n) is 5.34. The number of aromatic nitrogens is 1. The van der Waals surface area contributed by atoms with Crippen molar-refractivity contribution in [3.05, 3.63) is 74.7 Å². The first kappa shape index (κ1) is 19.8. The summed E-state index contributed by atoms with van der Waals surface area (Å²) in [5, 5.41) is 12.7. The number of aryl methyl sites for hydroxylation is 1. The lowest BCUT2D eigenvalue weighted by molar-refractivity contribution is 0.0687. The van der Waals surface area contributed by atoms with Gasteiger partial charge in [-0.05, 0) is 31.0 Å². The molecule has 1 aromatic carbocycles. The van der Waals surface area contributed by atoms with Crippen molar-refractivity contribution in [2.75, 3.05) is 13.1 Å². The third kappa shape index (κ3) is 3.26. The van der Waals surface area contributed by atoms with Gasteiger partial charge in [0.1, 0.15) is 17.2 Å². The predicted molar refractivity (Wildman–Crippen MR) is 103 cm³/mol. The lowest BCUT2D eigenvalue weighted by Gasteiger charge is -2.33. The minimum absolute atomic E-state index is 0.171. The van der Waals surface area contributed by atoms with Gasteiger partial charge in [-0.3, -0.25) is 14.4 Å². The molecule has 30 heavy (non-hydrogen) atoms. The number of hydrogen-bond acceptors (Lipinski definition) is 4. The van der Waals surface area contributed by atoms with Crippen LogP contribution in [0, 0.1) is 18.6 Å². The van der Waals surface area contributed by atoms with Crippen molar-refractivity contribution >= 4 is 11.8 Å². The van der Waals surface area contributed by atoms with Crippen molar-refractivity contribution in [1.82, 2.24) is 14.8 Å². The fraction of sp³-hybridized carbons (Fsp3) is 0.286. The molecular formula is C21H19F2N3O4. The molecule has 2 aliphatic rings. The van der Waals surface area contributed by atoms with E-state index in [1.54, 1.807) is 4.90 Å². The first-order valence-corrected chi connectivity index (χ1v) is 9.44. The van der Waals surface area contributed by atoms with E-state index in [2.05, 4.69) is 5.32 Å². The Hall–Kier alpha value is -3.49. The summed E-state index contributed by atoms with van der Waals surface area (Å²) in [6, 6.07) is 1.94. The highest BCUT2D eigenvalue weighted by atomic mass is 19.1. The second-order valence-corrected chi connectivity index (χ2v) is 7.40. The van der Waals surface area contributed by atoms with Crippen LogP contribution in [0.25, 0.3) is 0 Å². The van der Waals surface area contributed by atoms with Crippen molar-refractivity contribution in [1.29, 1.82) is 0 Å². The Balaban J connectivity index is 1.68. The SMILES string of the molecule is Cc1cc(F)c(CNC(=O)c2cn3c(c(O)c2=O)C(=O)N2CCC=CC3C2)c(F)c1. The van der Waals surface area contributed by atoms with Gasteiger partial charge in [-0.25, -0.2) is 8.78 Å². The average Bonchev–Trinajstić information content (AvgIpc) is 2.91. The number of halogens is 2. The molecule has 1 aromatic heterocycles. The lowest BCUT2D eigenvalue weighted by Crippen LogP contribution is -2.44. The van der Waals surface area contributed by atoms with Crippen LogP contribution < -0.4 is 10.7 Å². The van der Waals surface area contributed by atoms with Crippen molar-refractivity contribution in [2.24, 2.45) is 0 Å². The number of carbonyl (C=O) groups excluding carboxylic acids is 2. The Morgan fingerprint density at radius 3 is 2.67 bits per heavy atom. The van der Waals surface area contributed by atoms with Crippen LogP contribution in [0.4, 0.5) is 8.78 Å². The highest BCUT2D eigenvalue weighted by molar-refractivity contribution is 5.99. The number of fused-ring (bicyclic) bond motifs is 4. The number of rotatable bonds is 3. The normalized spacial score (nSPS) is 17.5. The molecule has 0 saturated heterocycles. The molecule has 1 unspecified atom stereocenters. The number of nitrogens with one attached hydrogen (secondary N) is 1. The fourth-order valence-electron chi connectivity index (χ4n) is 3.79. The van der Waals surface area contributed by atoms with Crippen LogP contribution in [0.2, 0.25) is 0 Å². The number of pyridine rings is 1. The van der Waals surface area contributed by atoms with Crippen LogP contribution in [0.3, 0.4) is 0 Å². The van der Waals surface area contributed by atoms with Gasteiger partial charge >= 0.3 is 0 Å². The zero-order chi connectivity index (χ0) is 21.6. The predicted octanol–water partition coefficient (Wildman–Crippen LogP) is 2.03. The number of hydrogen-bond donors (Lipinski definition) is 2. The van der Waals surface area contributed by atoms with E-state index in [1.807, 2.05) is 12.2 Å². The smallest absolute Gasteiger partial charge is 0.274 e. The summed E-state index contributed by atoms with van der Waals surface area (Å²) in [6.07, 6.45) is 5.59. The second-order valence-electron chi connectivity index (χ2n) is 7.40. The van der Waals surface area contributed by atoms with Crippen molar-refractivity contribution < 1.29 is 23.5 Å². The molecule has 1 atom stereocenters. The second kappa shape index (κ2) is 7.40. The van der Waals surface area contributed by atoms with Crippen molar-refractivity contribution in [3.63, 3.8) is 0 Å². The van der Waals surface area contributed by atoms with E-state index in [-0.39, 0.29) is 17.3 Å². The van der Waals surface area contributed by atoms with Gasteiger partial charge in [-0.15, -0.1) is 0 Å². The van der Waals surface area contributed by atoms with Crippen molar-refractivity contribution in [2.45, 2.75) is 25.9 Å². The Bertz CT molecular complexity index is 1130. The Morgan fingerprint density at radius 1 is 1.27 bits per heavy atom. The van der Waals surface area contributed by atoms with Gasteiger partial charge < -0.3 is 19.9 Å². The van der Waals surface area contributed by atoms with E-state index in [0.29, 0.717) is 25.1 Å². The molecule has 2 bridgehead atoms. The molecule has 156 valence electrons. The van der Waals surface area contributed by atoms with Gasteiger partial charge in [0, 0.05) is 31.4 Å². The summed E-state index contributed by atoms with van der Waals surface area (Å²) in [6.45, 7) is 1.88. The Morgan fingerprint density at radius 2 is 1.97 bits per heavy atom. The van der Waals surface area contributed by atoms with E-state index < -0.39 is 46.7 Å². The monoisotopic (exact) mass is 415 g/mol. The van der Waals surface area contributed by atoms with Crippen LogP contribution in [0.1, 0.15) is 44.4 Å². The lowest BCUT2D eigenvalue weighted by atomic mass is 10.1. The molecule has 2 N–H and O–H groups in total. The Labute approximate surface area is 170 Å². The first-order chi connectivity index (χ1) is 14.3. The molecule has 4 rings (SSSR count). The minimum Gasteiger partial charge on any atom is -0.503 e. The topological polar surface area (TPSA) is 91.6 Å². The molecule has 3 heterocycles. The third-order valence-corrected chi connectivity index (χ3v) is 5.34. The molecule has 0 radical (unpaired) electrons. The van der Waals surface area contributed by atoms with Gasteiger partial charge in [0.25, 0.3) is 11.8 Å². The largest absolute Gasteiger partial charge is 0.503 e. The number of nitrogens with zero attached hydrogens (tertiary/aromatic N) is 2. The number of aromatic hydroxyl groups is 1. The maximum absolute atomic E-state index is 14.0. The fourth-order valence-corrected chi connectivity index (χ4v) is 3.79. The van der Waals surface area contributed by atoms with Gasteiger partial charge in [0.2, 0.25) is 5.43 Å². The van der Waals surface area contributed by atoms with E-state index in [0.717, 1.165) is 12.1 Å². The summed E-state index contributed by atoms with van der Waals surface area (Å²) in [7, 11) is 0. The van der Waals surface area contributed by atoms with Crippen LogP contribution in [-0.2, 0) is 6.54 Å². The molecule has 2 amide bonds. The van der Waals surface area contributed by atoms with Crippen molar-refractivity contribution in [3.8, 4) is 5.75 Å². The summed E-state index contributed by atoms with van der Waals surface area (Å²) < 4.78 is 29.4. The maximum atomic E-state index is 14.0. The molecule has 9 heteroatoms. The van der Waals surface area contributed by atoms with Gasteiger partial charge in [-0.2, -0.15) is 0 Å². The quantitative estimate of drug-likeness (QED) is 0.751. The molecular weight excluding hydrogens is 396 g/mol. The summed E-state index contributed by atoms with van der Waals surface area (Å²) in [5.41, 5.74) is -1.54. The van der Waals surface area contributed by atoms with Crippen LogP contribution in [0.5, 0.6) is 5.75 Å². The molecule has 0 fully saturated rings. The van der Waals surface area contributed by atoms with Crippen LogP contribution in [0.15, 0.2) is 35.3 Å². The molecule has 0 aliphatic carbocycles. The molecule has 0 saturated carbocycles. The highest BCUT2D eigenvalue weighted by Gasteiger charge is 2.35.